The minimum Gasteiger partial charge on any atom is -0.392 e. The van der Waals surface area contributed by atoms with Crippen LogP contribution in [0.4, 0.5) is 0 Å². The Morgan fingerprint density at radius 2 is 2.10 bits per heavy atom. The molecule has 2 N–H and O–H groups in total. The molecule has 3 rings (SSSR count). The number of carbonyl (C=O) groups is 1. The summed E-state index contributed by atoms with van der Waals surface area (Å²) in [5, 5.41) is 13.7. The lowest BCUT2D eigenvalue weighted by Crippen LogP contribution is -2.61. The molecular weight excluding hydrogens is 252 g/mol. The van der Waals surface area contributed by atoms with Crippen LogP contribution < -0.4 is 5.32 Å². The topological polar surface area (TPSA) is 62.2 Å². The maximum Gasteiger partial charge on any atom is 0.253 e. The van der Waals surface area contributed by atoms with E-state index in [1.54, 1.807) is 12.3 Å². The Bertz CT molecular complexity index is 661. The van der Waals surface area contributed by atoms with Crippen LogP contribution in [0.2, 0.25) is 0 Å². The van der Waals surface area contributed by atoms with E-state index in [1.165, 1.54) is 0 Å². The Hall–Kier alpha value is -1.94. The molecule has 1 amide bonds. The van der Waals surface area contributed by atoms with Gasteiger partial charge in [0.25, 0.3) is 5.91 Å². The molecule has 0 spiro atoms. The molecule has 1 aromatic heterocycles. The summed E-state index contributed by atoms with van der Waals surface area (Å²) < 4.78 is 0. The van der Waals surface area contributed by atoms with E-state index in [2.05, 4.69) is 10.3 Å². The summed E-state index contributed by atoms with van der Waals surface area (Å²) in [5.74, 6) is -0.126. The Kier molecular flexibility index (Phi) is 2.98. The predicted octanol–water partition coefficient (Wildman–Crippen LogP) is 2.12. The minimum atomic E-state index is -0.349. The van der Waals surface area contributed by atoms with E-state index in [4.69, 9.17) is 0 Å². The largest absolute Gasteiger partial charge is 0.392 e. The van der Waals surface area contributed by atoms with Crippen molar-refractivity contribution in [2.24, 2.45) is 5.41 Å². The zero-order valence-electron chi connectivity index (χ0n) is 11.6. The molecule has 1 heterocycles. The fourth-order valence-electron chi connectivity index (χ4n) is 2.67. The van der Waals surface area contributed by atoms with Crippen LogP contribution in [0.25, 0.3) is 10.9 Å². The summed E-state index contributed by atoms with van der Waals surface area (Å²) in [6.07, 6.45) is 1.95. The van der Waals surface area contributed by atoms with Crippen molar-refractivity contribution >= 4 is 16.8 Å². The van der Waals surface area contributed by atoms with Gasteiger partial charge in [-0.3, -0.25) is 9.78 Å². The standard InChI is InChI=1S/C16H18N2O2/c1-16(2)12(9-13(16)19)18-15(20)11-7-3-5-10-6-4-8-17-14(10)11/h3-8,12-13,19H,9H2,1-2H3,(H,18,20). The molecule has 1 aliphatic rings. The van der Waals surface area contributed by atoms with Crippen molar-refractivity contribution in [1.82, 2.24) is 10.3 Å². The van der Waals surface area contributed by atoms with Crippen LogP contribution in [0.15, 0.2) is 36.5 Å². The van der Waals surface area contributed by atoms with Gasteiger partial charge in [-0.1, -0.05) is 32.0 Å². The van der Waals surface area contributed by atoms with Crippen molar-refractivity contribution in [2.45, 2.75) is 32.4 Å². The second kappa shape index (κ2) is 4.56. The number of hydrogen-bond donors (Lipinski definition) is 2. The van der Waals surface area contributed by atoms with Gasteiger partial charge in [-0.15, -0.1) is 0 Å². The number of nitrogens with zero attached hydrogens (tertiary/aromatic N) is 1. The number of pyridine rings is 1. The number of hydrogen-bond acceptors (Lipinski definition) is 3. The first-order valence-electron chi connectivity index (χ1n) is 6.83. The van der Waals surface area contributed by atoms with Gasteiger partial charge in [0.05, 0.1) is 17.2 Å². The van der Waals surface area contributed by atoms with Gasteiger partial charge in [0.15, 0.2) is 0 Å². The Labute approximate surface area is 117 Å². The van der Waals surface area contributed by atoms with Crippen LogP contribution >= 0.6 is 0 Å². The van der Waals surface area contributed by atoms with E-state index in [9.17, 15) is 9.90 Å². The number of nitrogens with one attached hydrogen (secondary N) is 1. The average Bonchev–Trinajstić information content (AvgIpc) is 2.46. The predicted molar refractivity (Wildman–Crippen MR) is 77.4 cm³/mol. The maximum atomic E-state index is 12.4. The lowest BCUT2D eigenvalue weighted by atomic mass is 9.64. The van der Waals surface area contributed by atoms with Crippen molar-refractivity contribution in [3.8, 4) is 0 Å². The van der Waals surface area contributed by atoms with Gasteiger partial charge in [-0.2, -0.15) is 0 Å². The zero-order chi connectivity index (χ0) is 14.3. The van der Waals surface area contributed by atoms with Crippen molar-refractivity contribution in [3.63, 3.8) is 0 Å². The van der Waals surface area contributed by atoms with E-state index in [0.717, 1.165) is 5.39 Å². The second-order valence-corrected chi connectivity index (χ2v) is 5.98. The van der Waals surface area contributed by atoms with Crippen LogP contribution in [0.5, 0.6) is 0 Å². The van der Waals surface area contributed by atoms with Gasteiger partial charge in [0, 0.05) is 23.0 Å². The molecule has 1 fully saturated rings. The van der Waals surface area contributed by atoms with Crippen molar-refractivity contribution in [2.75, 3.05) is 0 Å². The van der Waals surface area contributed by atoms with E-state index >= 15 is 0 Å². The lowest BCUT2D eigenvalue weighted by Gasteiger charge is -2.49. The quantitative estimate of drug-likeness (QED) is 0.878. The summed E-state index contributed by atoms with van der Waals surface area (Å²) in [7, 11) is 0. The Morgan fingerprint density at radius 3 is 2.80 bits per heavy atom. The number of benzene rings is 1. The number of rotatable bonds is 2. The summed E-state index contributed by atoms with van der Waals surface area (Å²) >= 11 is 0. The first-order chi connectivity index (χ1) is 9.50. The fraction of sp³-hybridized carbons (Fsp3) is 0.375. The van der Waals surface area contributed by atoms with Crippen LogP contribution in [0, 0.1) is 5.41 Å². The molecule has 0 radical (unpaired) electrons. The van der Waals surface area contributed by atoms with Crippen molar-refractivity contribution < 1.29 is 9.90 Å². The molecule has 2 aromatic rings. The molecule has 4 heteroatoms. The summed E-state index contributed by atoms with van der Waals surface area (Å²) in [6.45, 7) is 3.93. The number of aliphatic hydroxyl groups excluding tert-OH is 1. The number of carbonyl (C=O) groups excluding carboxylic acids is 1. The van der Waals surface area contributed by atoms with Gasteiger partial charge in [-0.05, 0) is 18.6 Å². The van der Waals surface area contributed by atoms with E-state index in [-0.39, 0.29) is 23.5 Å². The summed E-state index contributed by atoms with van der Waals surface area (Å²) in [6, 6.07) is 9.39. The van der Waals surface area contributed by atoms with E-state index in [1.807, 2.05) is 38.1 Å². The molecule has 0 saturated heterocycles. The van der Waals surface area contributed by atoms with Crippen LogP contribution in [0.3, 0.4) is 0 Å². The number of amides is 1. The highest BCUT2D eigenvalue weighted by atomic mass is 16.3. The number of para-hydroxylation sites is 1. The monoisotopic (exact) mass is 270 g/mol. The van der Waals surface area contributed by atoms with Crippen LogP contribution in [-0.2, 0) is 0 Å². The average molecular weight is 270 g/mol. The first-order valence-corrected chi connectivity index (χ1v) is 6.83. The molecule has 0 bridgehead atoms. The fourth-order valence-corrected chi connectivity index (χ4v) is 2.67. The van der Waals surface area contributed by atoms with Gasteiger partial charge in [0.1, 0.15) is 0 Å². The Morgan fingerprint density at radius 1 is 1.35 bits per heavy atom. The van der Waals surface area contributed by atoms with Crippen molar-refractivity contribution in [1.29, 1.82) is 0 Å². The highest BCUT2D eigenvalue weighted by Gasteiger charge is 2.48. The zero-order valence-corrected chi connectivity index (χ0v) is 11.6. The lowest BCUT2D eigenvalue weighted by molar-refractivity contribution is -0.0689. The number of fused-ring (bicyclic) bond motifs is 1. The van der Waals surface area contributed by atoms with E-state index in [0.29, 0.717) is 17.5 Å². The molecule has 20 heavy (non-hydrogen) atoms. The van der Waals surface area contributed by atoms with Crippen LogP contribution in [-0.4, -0.2) is 28.1 Å². The third-order valence-electron chi connectivity index (χ3n) is 4.40. The van der Waals surface area contributed by atoms with Crippen LogP contribution in [0.1, 0.15) is 30.6 Å². The normalized spacial score (nSPS) is 24.1. The molecule has 104 valence electrons. The van der Waals surface area contributed by atoms with Gasteiger partial charge < -0.3 is 10.4 Å². The summed E-state index contributed by atoms with van der Waals surface area (Å²) in [4.78, 5) is 16.7. The molecule has 1 saturated carbocycles. The van der Waals surface area contributed by atoms with Gasteiger partial charge >= 0.3 is 0 Å². The van der Waals surface area contributed by atoms with Gasteiger partial charge in [0.2, 0.25) is 0 Å². The van der Waals surface area contributed by atoms with Crippen molar-refractivity contribution in [3.05, 3.63) is 42.1 Å². The molecule has 1 aliphatic carbocycles. The molecule has 1 aromatic carbocycles. The Balaban J connectivity index is 1.87. The van der Waals surface area contributed by atoms with Gasteiger partial charge in [-0.25, -0.2) is 0 Å². The second-order valence-electron chi connectivity index (χ2n) is 5.98. The molecule has 2 unspecified atom stereocenters. The highest BCUT2D eigenvalue weighted by Crippen LogP contribution is 2.40. The number of aliphatic hydroxyl groups is 1. The molecular formula is C16H18N2O2. The minimum absolute atomic E-state index is 0.00367. The smallest absolute Gasteiger partial charge is 0.253 e. The molecule has 2 atom stereocenters. The SMILES string of the molecule is CC1(C)C(O)CC1NC(=O)c1cccc2cccnc12. The third-order valence-corrected chi connectivity index (χ3v) is 4.40. The maximum absolute atomic E-state index is 12.4. The molecule has 4 nitrogen and oxygen atoms in total. The third kappa shape index (κ3) is 1.96. The summed E-state index contributed by atoms with van der Waals surface area (Å²) in [5.41, 5.74) is 1.03. The number of aromatic nitrogens is 1. The molecule has 0 aliphatic heterocycles. The highest BCUT2D eigenvalue weighted by molar-refractivity contribution is 6.05. The van der Waals surface area contributed by atoms with E-state index < -0.39 is 0 Å². The first kappa shape index (κ1) is 13.1.